The van der Waals surface area contributed by atoms with Gasteiger partial charge < -0.3 is 25.8 Å². The number of benzene rings is 3. The number of amides is 2. The summed E-state index contributed by atoms with van der Waals surface area (Å²) < 4.78 is 5.82. The van der Waals surface area contributed by atoms with Gasteiger partial charge in [-0.2, -0.15) is 0 Å². The summed E-state index contributed by atoms with van der Waals surface area (Å²) in [4.78, 5) is 42.3. The van der Waals surface area contributed by atoms with Gasteiger partial charge in [-0.25, -0.2) is 4.98 Å². The Labute approximate surface area is 257 Å². The SMILES string of the molecule is O=C(O)CC(NC(=O)[C@H](COCc1ccccc1)NC(=O)CCCCNc1ccccn1)c1ccc(-c2ccccc2)cc1. The Kier molecular flexibility index (Phi) is 12.5. The van der Waals surface area contributed by atoms with Gasteiger partial charge in [-0.15, -0.1) is 0 Å². The molecule has 0 spiro atoms. The molecule has 4 rings (SSSR count). The van der Waals surface area contributed by atoms with E-state index in [1.54, 1.807) is 6.20 Å². The maximum atomic E-state index is 13.5. The highest BCUT2D eigenvalue weighted by Gasteiger charge is 2.26. The first kappa shape index (κ1) is 31.9. The third-order valence-electron chi connectivity index (χ3n) is 6.96. The molecule has 3 aromatic carbocycles. The van der Waals surface area contributed by atoms with Gasteiger partial charge >= 0.3 is 5.97 Å². The highest BCUT2D eigenvalue weighted by Crippen LogP contribution is 2.23. The van der Waals surface area contributed by atoms with Crippen molar-refractivity contribution in [1.29, 1.82) is 0 Å². The molecule has 9 heteroatoms. The molecule has 2 amide bonds. The van der Waals surface area contributed by atoms with Crippen LogP contribution in [0.4, 0.5) is 5.82 Å². The fourth-order valence-electron chi connectivity index (χ4n) is 4.65. The lowest BCUT2D eigenvalue weighted by atomic mass is 9.99. The van der Waals surface area contributed by atoms with Crippen molar-refractivity contribution in [3.8, 4) is 11.1 Å². The second kappa shape index (κ2) is 17.2. The number of nitrogens with one attached hydrogen (secondary N) is 3. The minimum atomic E-state index is -1.05. The van der Waals surface area contributed by atoms with Gasteiger partial charge in [0.05, 0.1) is 25.7 Å². The number of carbonyl (C=O) groups excluding carboxylic acids is 2. The molecule has 4 N–H and O–H groups in total. The van der Waals surface area contributed by atoms with E-state index in [-0.39, 0.29) is 32.0 Å². The standard InChI is InChI=1S/C35H38N4O5/c40-33(16-8-10-22-37-32-15-7-9-21-36-32)38-31(25-44-24-26-11-3-1-4-12-26)35(43)39-30(23-34(41)42)29-19-17-28(18-20-29)27-13-5-2-6-14-27/h1-7,9,11-15,17-21,30-31H,8,10,16,22-25H2,(H,36,37)(H,38,40)(H,39,43)(H,41,42)/t30?,31-/m0/s1. The molecule has 0 aliphatic rings. The number of hydrogen-bond donors (Lipinski definition) is 4. The lowest BCUT2D eigenvalue weighted by molar-refractivity contribution is -0.138. The van der Waals surface area contributed by atoms with Gasteiger partial charge in [-0.3, -0.25) is 14.4 Å². The van der Waals surface area contributed by atoms with Gasteiger partial charge in [0.2, 0.25) is 11.8 Å². The van der Waals surface area contributed by atoms with E-state index in [0.717, 1.165) is 28.9 Å². The predicted molar refractivity (Wildman–Crippen MR) is 170 cm³/mol. The second-order valence-electron chi connectivity index (χ2n) is 10.4. The third kappa shape index (κ3) is 10.7. The number of aliphatic carboxylic acids is 1. The number of ether oxygens (including phenoxy) is 1. The number of carbonyl (C=O) groups is 3. The number of anilines is 1. The van der Waals surface area contributed by atoms with E-state index in [1.807, 2.05) is 103 Å². The molecule has 9 nitrogen and oxygen atoms in total. The monoisotopic (exact) mass is 594 g/mol. The zero-order chi connectivity index (χ0) is 31.0. The van der Waals surface area contributed by atoms with Crippen molar-refractivity contribution in [2.75, 3.05) is 18.5 Å². The molecular formula is C35H38N4O5. The number of carboxylic acids is 1. The van der Waals surface area contributed by atoms with Crippen LogP contribution in [0.1, 0.15) is 42.9 Å². The fourth-order valence-corrected chi connectivity index (χ4v) is 4.65. The molecule has 4 aromatic rings. The molecule has 0 saturated carbocycles. The Morgan fingerprint density at radius 1 is 0.773 bits per heavy atom. The molecule has 0 fully saturated rings. The fraction of sp³-hybridized carbons (Fsp3) is 0.257. The smallest absolute Gasteiger partial charge is 0.305 e. The van der Waals surface area contributed by atoms with E-state index in [2.05, 4.69) is 20.9 Å². The molecule has 0 bridgehead atoms. The first-order valence-electron chi connectivity index (χ1n) is 14.7. The zero-order valence-electron chi connectivity index (χ0n) is 24.5. The van der Waals surface area contributed by atoms with E-state index in [1.165, 1.54) is 0 Å². The molecule has 2 atom stereocenters. The Morgan fingerprint density at radius 3 is 2.14 bits per heavy atom. The Hall–Kier alpha value is -5.02. The summed E-state index contributed by atoms with van der Waals surface area (Å²) in [6.45, 7) is 0.855. The summed E-state index contributed by atoms with van der Waals surface area (Å²) in [6, 6.07) is 30.6. The Morgan fingerprint density at radius 2 is 1.45 bits per heavy atom. The molecule has 1 aromatic heterocycles. The van der Waals surface area contributed by atoms with Gasteiger partial charge in [0.1, 0.15) is 11.9 Å². The summed E-state index contributed by atoms with van der Waals surface area (Å²) in [7, 11) is 0. The van der Waals surface area contributed by atoms with E-state index in [0.29, 0.717) is 18.5 Å². The summed E-state index contributed by atoms with van der Waals surface area (Å²) in [5, 5.41) is 18.4. The molecule has 1 unspecified atom stereocenters. The number of hydrogen-bond acceptors (Lipinski definition) is 6. The van der Waals surface area contributed by atoms with Gasteiger partial charge in [-0.05, 0) is 47.2 Å². The van der Waals surface area contributed by atoms with Crippen LogP contribution >= 0.6 is 0 Å². The van der Waals surface area contributed by atoms with Crippen molar-refractivity contribution in [2.24, 2.45) is 0 Å². The van der Waals surface area contributed by atoms with E-state index in [9.17, 15) is 19.5 Å². The minimum absolute atomic E-state index is 0.0690. The average molecular weight is 595 g/mol. The van der Waals surface area contributed by atoms with Gasteiger partial charge in [-0.1, -0.05) is 91.0 Å². The summed E-state index contributed by atoms with van der Waals surface area (Å²) in [5.41, 5.74) is 3.59. The lowest BCUT2D eigenvalue weighted by Gasteiger charge is -2.23. The number of rotatable bonds is 17. The molecule has 0 radical (unpaired) electrons. The van der Waals surface area contributed by atoms with E-state index in [4.69, 9.17) is 4.74 Å². The van der Waals surface area contributed by atoms with Crippen LogP contribution in [0.5, 0.6) is 0 Å². The van der Waals surface area contributed by atoms with Crippen LogP contribution in [0.15, 0.2) is 109 Å². The van der Waals surface area contributed by atoms with Crippen LogP contribution in [0, 0.1) is 0 Å². The zero-order valence-corrected chi connectivity index (χ0v) is 24.5. The minimum Gasteiger partial charge on any atom is -0.481 e. The van der Waals surface area contributed by atoms with Gasteiger partial charge in [0.25, 0.3) is 0 Å². The molecule has 44 heavy (non-hydrogen) atoms. The molecule has 228 valence electrons. The highest BCUT2D eigenvalue weighted by atomic mass is 16.5. The number of unbranched alkanes of at least 4 members (excludes halogenated alkanes) is 1. The van der Waals surface area contributed by atoms with Crippen molar-refractivity contribution in [1.82, 2.24) is 15.6 Å². The maximum absolute atomic E-state index is 13.5. The largest absolute Gasteiger partial charge is 0.481 e. The molecule has 0 saturated heterocycles. The molecule has 0 aliphatic heterocycles. The van der Waals surface area contributed by atoms with Crippen molar-refractivity contribution < 1.29 is 24.2 Å². The number of aromatic nitrogens is 1. The Balaban J connectivity index is 1.37. The van der Waals surface area contributed by atoms with Crippen molar-refractivity contribution >= 4 is 23.6 Å². The van der Waals surface area contributed by atoms with E-state index >= 15 is 0 Å². The van der Waals surface area contributed by atoms with Crippen LogP contribution in [0.25, 0.3) is 11.1 Å². The number of nitrogens with zero attached hydrogens (tertiary/aromatic N) is 1. The third-order valence-corrected chi connectivity index (χ3v) is 6.96. The van der Waals surface area contributed by atoms with Crippen molar-refractivity contribution in [3.05, 3.63) is 120 Å². The van der Waals surface area contributed by atoms with Crippen LogP contribution in [-0.2, 0) is 25.7 Å². The van der Waals surface area contributed by atoms with Crippen LogP contribution < -0.4 is 16.0 Å². The van der Waals surface area contributed by atoms with Crippen LogP contribution in [0.3, 0.4) is 0 Å². The predicted octanol–water partition coefficient (Wildman–Crippen LogP) is 5.36. The van der Waals surface area contributed by atoms with Crippen LogP contribution in [-0.4, -0.2) is 47.1 Å². The van der Waals surface area contributed by atoms with Crippen molar-refractivity contribution in [3.63, 3.8) is 0 Å². The van der Waals surface area contributed by atoms with E-state index < -0.39 is 24.0 Å². The van der Waals surface area contributed by atoms with Crippen LogP contribution in [0.2, 0.25) is 0 Å². The highest BCUT2D eigenvalue weighted by molar-refractivity contribution is 5.88. The van der Waals surface area contributed by atoms with Gasteiger partial charge in [0.15, 0.2) is 0 Å². The second-order valence-corrected chi connectivity index (χ2v) is 10.4. The van der Waals surface area contributed by atoms with Crippen molar-refractivity contribution in [2.45, 2.75) is 44.4 Å². The Bertz CT molecular complexity index is 1450. The number of pyridine rings is 1. The average Bonchev–Trinajstić information content (AvgIpc) is 3.05. The molecule has 0 aliphatic carbocycles. The quantitative estimate of drug-likeness (QED) is 0.121. The number of carboxylic acid groups (broad SMARTS) is 1. The molecular weight excluding hydrogens is 556 g/mol. The first-order valence-corrected chi connectivity index (χ1v) is 14.7. The first-order chi connectivity index (χ1) is 21.5. The summed E-state index contributed by atoms with van der Waals surface area (Å²) in [6.07, 6.45) is 2.98. The lowest BCUT2D eigenvalue weighted by Crippen LogP contribution is -2.50. The normalized spacial score (nSPS) is 12.1. The molecule has 1 heterocycles. The maximum Gasteiger partial charge on any atom is 0.305 e. The summed E-state index contributed by atoms with van der Waals surface area (Å²) in [5.74, 6) is -1.08. The van der Waals surface area contributed by atoms with Gasteiger partial charge in [0, 0.05) is 19.2 Å². The summed E-state index contributed by atoms with van der Waals surface area (Å²) >= 11 is 0. The topological polar surface area (TPSA) is 130 Å².